The van der Waals surface area contributed by atoms with E-state index < -0.39 is 0 Å². The third-order valence-electron chi connectivity index (χ3n) is 3.82. The zero-order valence-electron chi connectivity index (χ0n) is 10.9. The third-order valence-corrected chi connectivity index (χ3v) is 3.82. The number of hydrogen-bond acceptors (Lipinski definition) is 6. The van der Waals surface area contributed by atoms with Crippen molar-refractivity contribution in [1.82, 2.24) is 24.8 Å². The highest BCUT2D eigenvalue weighted by Gasteiger charge is 2.32. The summed E-state index contributed by atoms with van der Waals surface area (Å²) in [5.41, 5.74) is 0.607. The van der Waals surface area contributed by atoms with Gasteiger partial charge in [0.2, 0.25) is 5.89 Å². The molecule has 2 aromatic heterocycles. The molecule has 2 aliphatic rings. The van der Waals surface area contributed by atoms with Crippen molar-refractivity contribution >= 4 is 0 Å². The summed E-state index contributed by atoms with van der Waals surface area (Å²) in [6, 6.07) is 2.43. The minimum absolute atomic E-state index is 0.340. The molecule has 0 aromatic carbocycles. The van der Waals surface area contributed by atoms with Crippen LogP contribution in [-0.4, -0.2) is 37.9 Å². The topological polar surface area (TPSA) is 83.8 Å². The van der Waals surface area contributed by atoms with Crippen molar-refractivity contribution in [1.29, 1.82) is 5.26 Å². The molecule has 1 saturated heterocycles. The normalized spacial score (nSPS) is 19.8. The van der Waals surface area contributed by atoms with Gasteiger partial charge >= 0.3 is 0 Å². The summed E-state index contributed by atoms with van der Waals surface area (Å²) in [5, 5.41) is 17.0. The van der Waals surface area contributed by atoms with Gasteiger partial charge in [0, 0.05) is 25.2 Å². The Hall–Kier alpha value is -2.20. The van der Waals surface area contributed by atoms with Crippen molar-refractivity contribution in [2.45, 2.75) is 31.3 Å². The van der Waals surface area contributed by atoms with Crippen LogP contribution in [0.5, 0.6) is 0 Å². The maximum absolute atomic E-state index is 8.78. The zero-order valence-corrected chi connectivity index (χ0v) is 10.9. The fraction of sp³-hybridized carbons (Fsp3) is 0.538. The molecule has 0 atom stereocenters. The molecule has 4 rings (SSSR count). The van der Waals surface area contributed by atoms with Gasteiger partial charge in [-0.3, -0.25) is 9.58 Å². The van der Waals surface area contributed by atoms with Gasteiger partial charge in [-0.1, -0.05) is 5.16 Å². The molecule has 0 unspecified atom stereocenters. The number of aromatic nitrogens is 4. The predicted molar refractivity (Wildman–Crippen MR) is 67.5 cm³/mol. The summed E-state index contributed by atoms with van der Waals surface area (Å²) in [4.78, 5) is 6.67. The van der Waals surface area contributed by atoms with Crippen LogP contribution in [-0.2, 0) is 6.54 Å². The van der Waals surface area contributed by atoms with Gasteiger partial charge in [-0.05, 0) is 12.8 Å². The van der Waals surface area contributed by atoms with Crippen molar-refractivity contribution in [2.75, 3.05) is 13.1 Å². The molecule has 7 nitrogen and oxygen atoms in total. The first-order chi connectivity index (χ1) is 9.81. The lowest BCUT2D eigenvalue weighted by Gasteiger charge is -2.38. The summed E-state index contributed by atoms with van der Waals surface area (Å²) < 4.78 is 7.11. The van der Waals surface area contributed by atoms with E-state index in [1.54, 1.807) is 12.4 Å². The van der Waals surface area contributed by atoms with E-state index in [0.717, 1.165) is 31.3 Å². The summed E-state index contributed by atoms with van der Waals surface area (Å²) in [6.45, 7) is 2.53. The predicted octanol–water partition coefficient (Wildman–Crippen LogP) is 1.07. The lowest BCUT2D eigenvalue weighted by molar-refractivity contribution is 0.0872. The number of nitriles is 1. The third kappa shape index (κ3) is 2.08. The quantitative estimate of drug-likeness (QED) is 0.826. The highest BCUT2D eigenvalue weighted by atomic mass is 16.5. The smallest absolute Gasteiger partial charge is 0.229 e. The van der Waals surface area contributed by atoms with Crippen LogP contribution in [0.25, 0.3) is 0 Å². The van der Waals surface area contributed by atoms with Crippen molar-refractivity contribution in [3.05, 3.63) is 29.7 Å². The first-order valence-electron chi connectivity index (χ1n) is 6.81. The molecule has 1 aliphatic carbocycles. The van der Waals surface area contributed by atoms with Gasteiger partial charge in [0.05, 0.1) is 24.3 Å². The summed E-state index contributed by atoms with van der Waals surface area (Å²) >= 11 is 0. The fourth-order valence-electron chi connectivity index (χ4n) is 2.46. The Kier molecular flexibility index (Phi) is 2.57. The number of nitrogens with zero attached hydrogens (tertiary/aromatic N) is 6. The molecule has 20 heavy (non-hydrogen) atoms. The maximum Gasteiger partial charge on any atom is 0.229 e. The minimum atomic E-state index is 0.340. The Labute approximate surface area is 115 Å². The van der Waals surface area contributed by atoms with E-state index in [1.807, 2.05) is 4.68 Å². The molecule has 0 amide bonds. The SMILES string of the molecule is N#Cc1cnn(C2CN(Cc3noc(C4CC4)n3)C2)c1. The number of rotatable bonds is 4. The standard InChI is InChI=1S/C13H14N6O/c14-3-9-4-15-19(5-9)11-6-18(7-11)8-12-16-13(20-17-12)10-1-2-10/h4-5,10-11H,1-2,6-8H2. The van der Waals surface area contributed by atoms with Crippen molar-refractivity contribution in [3.63, 3.8) is 0 Å². The maximum atomic E-state index is 8.78. The van der Waals surface area contributed by atoms with Crippen LogP contribution >= 0.6 is 0 Å². The first kappa shape index (κ1) is 11.6. The van der Waals surface area contributed by atoms with Crippen LogP contribution in [0.3, 0.4) is 0 Å². The molecule has 1 saturated carbocycles. The fourth-order valence-corrected chi connectivity index (χ4v) is 2.46. The number of hydrogen-bond donors (Lipinski definition) is 0. The molecule has 0 bridgehead atoms. The molecular weight excluding hydrogens is 256 g/mol. The van der Waals surface area contributed by atoms with Gasteiger partial charge in [0.1, 0.15) is 6.07 Å². The van der Waals surface area contributed by atoms with Gasteiger partial charge in [-0.2, -0.15) is 15.3 Å². The first-order valence-corrected chi connectivity index (χ1v) is 6.81. The lowest BCUT2D eigenvalue weighted by Crippen LogP contribution is -2.47. The van der Waals surface area contributed by atoms with Gasteiger partial charge in [0.25, 0.3) is 0 Å². The van der Waals surface area contributed by atoms with Crippen LogP contribution in [0, 0.1) is 11.3 Å². The van der Waals surface area contributed by atoms with E-state index >= 15 is 0 Å². The largest absolute Gasteiger partial charge is 0.339 e. The second-order valence-electron chi connectivity index (χ2n) is 5.49. The van der Waals surface area contributed by atoms with E-state index in [0.29, 0.717) is 17.5 Å². The van der Waals surface area contributed by atoms with E-state index in [4.69, 9.17) is 9.78 Å². The second kappa shape index (κ2) is 4.42. The van der Waals surface area contributed by atoms with Crippen molar-refractivity contribution in [3.8, 4) is 6.07 Å². The average molecular weight is 270 g/mol. The Morgan fingerprint density at radius 1 is 1.40 bits per heavy atom. The van der Waals surface area contributed by atoms with Crippen LogP contribution in [0.1, 0.15) is 42.1 Å². The van der Waals surface area contributed by atoms with Crippen LogP contribution in [0.4, 0.5) is 0 Å². The van der Waals surface area contributed by atoms with Crippen LogP contribution in [0.15, 0.2) is 16.9 Å². The van der Waals surface area contributed by atoms with Gasteiger partial charge < -0.3 is 4.52 Å². The molecule has 7 heteroatoms. The Morgan fingerprint density at radius 2 is 2.25 bits per heavy atom. The Bertz CT molecular complexity index is 658. The zero-order chi connectivity index (χ0) is 13.5. The lowest BCUT2D eigenvalue weighted by atomic mass is 10.1. The van der Waals surface area contributed by atoms with Crippen molar-refractivity contribution in [2.24, 2.45) is 0 Å². The van der Waals surface area contributed by atoms with E-state index in [-0.39, 0.29) is 0 Å². The highest BCUT2D eigenvalue weighted by molar-refractivity contribution is 5.22. The molecule has 0 radical (unpaired) electrons. The number of likely N-dealkylation sites (tertiary alicyclic amines) is 1. The summed E-state index contributed by atoms with van der Waals surface area (Å²) in [7, 11) is 0. The van der Waals surface area contributed by atoms with Crippen LogP contribution < -0.4 is 0 Å². The highest BCUT2D eigenvalue weighted by Crippen LogP contribution is 2.38. The molecular formula is C13H14N6O. The Morgan fingerprint density at radius 3 is 2.95 bits per heavy atom. The molecule has 3 heterocycles. The molecule has 0 spiro atoms. The molecule has 2 fully saturated rings. The molecule has 1 aliphatic heterocycles. The summed E-state index contributed by atoms with van der Waals surface area (Å²) in [5.74, 6) is 2.07. The second-order valence-corrected chi connectivity index (χ2v) is 5.49. The van der Waals surface area contributed by atoms with Crippen molar-refractivity contribution < 1.29 is 4.52 Å². The van der Waals surface area contributed by atoms with E-state index in [2.05, 4.69) is 26.2 Å². The van der Waals surface area contributed by atoms with Crippen LogP contribution in [0.2, 0.25) is 0 Å². The monoisotopic (exact) mass is 270 g/mol. The van der Waals surface area contributed by atoms with E-state index in [9.17, 15) is 0 Å². The minimum Gasteiger partial charge on any atom is -0.339 e. The summed E-state index contributed by atoms with van der Waals surface area (Å²) in [6.07, 6.45) is 5.74. The van der Waals surface area contributed by atoms with Gasteiger partial charge in [0.15, 0.2) is 5.82 Å². The average Bonchev–Trinajstić information content (AvgIpc) is 2.99. The van der Waals surface area contributed by atoms with Gasteiger partial charge in [-0.25, -0.2) is 0 Å². The Balaban J connectivity index is 1.33. The molecule has 0 N–H and O–H groups in total. The molecule has 2 aromatic rings. The van der Waals surface area contributed by atoms with Gasteiger partial charge in [-0.15, -0.1) is 0 Å². The van der Waals surface area contributed by atoms with E-state index in [1.165, 1.54) is 12.8 Å². The molecule has 102 valence electrons.